The minimum absolute atomic E-state index is 0.115. The lowest BCUT2D eigenvalue weighted by Gasteiger charge is -2.38. The van der Waals surface area contributed by atoms with E-state index in [1.807, 2.05) is 42.0 Å². The van der Waals surface area contributed by atoms with E-state index in [0.717, 1.165) is 0 Å². The molecule has 1 rings (SSSR count). The summed E-state index contributed by atoms with van der Waals surface area (Å²) in [5, 5.41) is 4.12. The van der Waals surface area contributed by atoms with Crippen LogP contribution >= 0.6 is 7.44 Å². The van der Waals surface area contributed by atoms with Crippen molar-refractivity contribution in [2.45, 2.75) is 19.6 Å². The maximum atomic E-state index is 13.3. The van der Waals surface area contributed by atoms with Crippen LogP contribution in [0.2, 0.25) is 0 Å². The molecular weight excluding hydrogens is 251 g/mol. The fourth-order valence-corrected chi connectivity index (χ4v) is 5.01. The average molecular weight is 274 g/mol. The summed E-state index contributed by atoms with van der Waals surface area (Å²) in [5.74, 6) is 0.0762. The molecule has 1 unspecified atom stereocenters. The van der Waals surface area contributed by atoms with E-state index in [0.29, 0.717) is 0 Å². The maximum absolute atomic E-state index is 13.3. The first-order valence-corrected chi connectivity index (χ1v) is 7.51. The summed E-state index contributed by atoms with van der Waals surface area (Å²) in [7, 11) is 4.44. The van der Waals surface area contributed by atoms with Crippen LogP contribution in [0.1, 0.15) is 19.6 Å². The first-order valence-electron chi connectivity index (χ1n) is 5.83. The molecule has 0 radical (unpaired) electrons. The Balaban J connectivity index is 3.37. The Morgan fingerprint density at radius 1 is 1.28 bits per heavy atom. The monoisotopic (exact) mass is 274 g/mol. The van der Waals surface area contributed by atoms with Crippen molar-refractivity contribution in [2.75, 3.05) is 33.9 Å². The zero-order valence-electron chi connectivity index (χ0n) is 11.9. The number of rotatable bonds is 5. The highest BCUT2D eigenvalue weighted by atomic mass is 31.2. The number of nitrogen functional groups attached to an aromatic ring is 1. The third-order valence-electron chi connectivity index (χ3n) is 2.94. The maximum Gasteiger partial charge on any atom is 0.239 e. The van der Waals surface area contributed by atoms with Gasteiger partial charge >= 0.3 is 0 Å². The molecular formula is C10H23N6OP. The van der Waals surface area contributed by atoms with Crippen LogP contribution in [-0.4, -0.2) is 52.3 Å². The van der Waals surface area contributed by atoms with E-state index in [9.17, 15) is 4.57 Å². The van der Waals surface area contributed by atoms with Gasteiger partial charge in [0.25, 0.3) is 0 Å². The van der Waals surface area contributed by atoms with Crippen LogP contribution in [-0.2, 0) is 4.57 Å². The molecule has 1 heterocycles. The Morgan fingerprint density at radius 2 is 1.78 bits per heavy atom. The van der Waals surface area contributed by atoms with Gasteiger partial charge in [0.05, 0.1) is 0 Å². The lowest BCUT2D eigenvalue weighted by Crippen LogP contribution is -2.31. The Morgan fingerprint density at radius 3 is 2.06 bits per heavy atom. The highest BCUT2D eigenvalue weighted by molar-refractivity contribution is 7.59. The van der Waals surface area contributed by atoms with Crippen LogP contribution in [0, 0.1) is 5.92 Å². The Kier molecular flexibility index (Phi) is 4.53. The lowest BCUT2D eigenvalue weighted by atomic mass is 10.2. The van der Waals surface area contributed by atoms with E-state index in [1.165, 1.54) is 6.33 Å². The number of anilines is 1. The van der Waals surface area contributed by atoms with Gasteiger partial charge in [-0.05, 0) is 34.1 Å². The van der Waals surface area contributed by atoms with Gasteiger partial charge in [0.1, 0.15) is 12.1 Å². The second kappa shape index (κ2) is 5.38. The predicted molar refractivity (Wildman–Crippen MR) is 73.3 cm³/mol. The molecule has 0 saturated heterocycles. The Bertz CT molecular complexity index is 429. The zero-order valence-corrected chi connectivity index (χ0v) is 12.8. The van der Waals surface area contributed by atoms with Crippen LogP contribution in [0.5, 0.6) is 0 Å². The van der Waals surface area contributed by atoms with Crippen LogP contribution in [0.3, 0.4) is 0 Å². The molecule has 7 nitrogen and oxygen atoms in total. The van der Waals surface area contributed by atoms with E-state index >= 15 is 0 Å². The van der Waals surface area contributed by atoms with Gasteiger partial charge in [0.15, 0.2) is 0 Å². The van der Waals surface area contributed by atoms with Gasteiger partial charge in [-0.25, -0.2) is 19.0 Å². The minimum Gasteiger partial charge on any atom is -0.368 e. The van der Waals surface area contributed by atoms with E-state index < -0.39 is 7.44 Å². The third-order valence-corrected chi connectivity index (χ3v) is 6.74. The summed E-state index contributed by atoms with van der Waals surface area (Å²) in [5.41, 5.74) is 5.81. The Labute approximate surface area is 108 Å². The van der Waals surface area contributed by atoms with Crippen molar-refractivity contribution in [1.29, 1.82) is 0 Å². The molecule has 104 valence electrons. The second-order valence-corrected chi connectivity index (χ2v) is 8.31. The fourth-order valence-electron chi connectivity index (χ4n) is 2.11. The fraction of sp³-hybridized carbons (Fsp3) is 0.800. The van der Waals surface area contributed by atoms with Crippen LogP contribution < -0.4 is 5.73 Å². The summed E-state index contributed by atoms with van der Waals surface area (Å²) >= 11 is 0. The van der Waals surface area contributed by atoms with Crippen LogP contribution in [0.15, 0.2) is 6.33 Å². The van der Waals surface area contributed by atoms with Gasteiger partial charge in [0, 0.05) is 0 Å². The van der Waals surface area contributed by atoms with Crippen molar-refractivity contribution in [1.82, 2.24) is 24.1 Å². The van der Waals surface area contributed by atoms with Gasteiger partial charge in [-0.3, -0.25) is 4.57 Å². The number of nitrogens with zero attached hydrogens (tertiary/aromatic N) is 5. The molecule has 2 N–H and O–H groups in total. The molecule has 8 heteroatoms. The van der Waals surface area contributed by atoms with Gasteiger partial charge in [-0.15, -0.1) is 0 Å². The molecule has 0 aliphatic rings. The SMILES string of the molecule is CC(C)C(n1ncnc1N)P(=O)(N(C)C)N(C)C. The molecule has 0 aliphatic carbocycles. The average Bonchev–Trinajstić information content (AvgIpc) is 2.63. The largest absolute Gasteiger partial charge is 0.368 e. The molecule has 0 bridgehead atoms. The summed E-state index contributed by atoms with van der Waals surface area (Å²) in [6.45, 7) is 4.01. The van der Waals surface area contributed by atoms with Crippen molar-refractivity contribution >= 4 is 13.4 Å². The number of hydrogen-bond acceptors (Lipinski definition) is 4. The number of hydrogen-bond donors (Lipinski definition) is 1. The van der Waals surface area contributed by atoms with Crippen molar-refractivity contribution in [3.63, 3.8) is 0 Å². The summed E-state index contributed by atoms with van der Waals surface area (Å²) in [6, 6.07) is 0. The van der Waals surface area contributed by atoms with Crippen molar-refractivity contribution in [3.8, 4) is 0 Å². The molecule has 18 heavy (non-hydrogen) atoms. The van der Waals surface area contributed by atoms with E-state index in [2.05, 4.69) is 10.1 Å². The molecule has 0 fully saturated rings. The number of aromatic nitrogens is 3. The molecule has 0 spiro atoms. The molecule has 0 amide bonds. The molecule has 0 aromatic carbocycles. The summed E-state index contributed by atoms with van der Waals surface area (Å²) in [6.07, 6.45) is 1.39. The van der Waals surface area contributed by atoms with Gasteiger partial charge in [-0.2, -0.15) is 5.10 Å². The molecule has 1 aromatic heterocycles. The van der Waals surface area contributed by atoms with Crippen LogP contribution in [0.25, 0.3) is 0 Å². The van der Waals surface area contributed by atoms with Crippen molar-refractivity contribution in [3.05, 3.63) is 6.33 Å². The minimum atomic E-state index is -2.80. The standard InChI is InChI=1S/C10H23N6OP/c1-8(2)9(16-10(11)12-7-13-16)18(17,14(3)4)15(5)6/h7-9H,1-6H3,(H2,11,12,13). The predicted octanol–water partition coefficient (Wildman–Crippen LogP) is 1.33. The zero-order chi connectivity index (χ0) is 14.1. The smallest absolute Gasteiger partial charge is 0.239 e. The highest BCUT2D eigenvalue weighted by Crippen LogP contribution is 2.62. The first-order chi connectivity index (χ1) is 8.22. The van der Waals surface area contributed by atoms with Crippen LogP contribution in [0.4, 0.5) is 5.95 Å². The normalized spacial score (nSPS) is 14.7. The second-order valence-electron chi connectivity index (χ2n) is 5.00. The molecule has 1 aromatic rings. The molecule has 0 saturated carbocycles. The van der Waals surface area contributed by atoms with E-state index in [1.54, 1.807) is 14.0 Å². The lowest BCUT2D eigenvalue weighted by molar-refractivity contribution is 0.362. The molecule has 0 aliphatic heterocycles. The topological polar surface area (TPSA) is 80.3 Å². The summed E-state index contributed by atoms with van der Waals surface area (Å²) in [4.78, 5) is 3.92. The quantitative estimate of drug-likeness (QED) is 0.816. The van der Waals surface area contributed by atoms with Gasteiger partial charge < -0.3 is 5.73 Å². The molecule has 1 atom stereocenters. The first kappa shape index (κ1) is 15.1. The van der Waals surface area contributed by atoms with Gasteiger partial charge in [-0.1, -0.05) is 13.8 Å². The number of nitrogens with two attached hydrogens (primary N) is 1. The Hall–Kier alpha value is -0.910. The van der Waals surface area contributed by atoms with E-state index in [4.69, 9.17) is 5.73 Å². The van der Waals surface area contributed by atoms with Gasteiger partial charge in [0.2, 0.25) is 13.4 Å². The van der Waals surface area contributed by atoms with Crippen molar-refractivity contribution in [2.24, 2.45) is 5.92 Å². The third kappa shape index (κ3) is 2.43. The highest BCUT2D eigenvalue weighted by Gasteiger charge is 2.42. The van der Waals surface area contributed by atoms with E-state index in [-0.39, 0.29) is 17.6 Å². The summed E-state index contributed by atoms with van der Waals surface area (Å²) < 4.78 is 18.4. The van der Waals surface area contributed by atoms with Crippen molar-refractivity contribution < 1.29 is 4.57 Å².